The number of halogens is 1. The van der Waals surface area contributed by atoms with Gasteiger partial charge >= 0.3 is 6.03 Å². The molecule has 9 heteroatoms. The van der Waals surface area contributed by atoms with Crippen LogP contribution in [0.2, 0.25) is 0 Å². The molecule has 0 saturated carbocycles. The van der Waals surface area contributed by atoms with Crippen molar-refractivity contribution in [3.63, 3.8) is 0 Å². The maximum absolute atomic E-state index is 13.2. The summed E-state index contributed by atoms with van der Waals surface area (Å²) in [4.78, 5) is 50.3. The highest BCUT2D eigenvalue weighted by Gasteiger charge is 2.37. The third-order valence-corrected chi connectivity index (χ3v) is 5.93. The van der Waals surface area contributed by atoms with Crippen LogP contribution in [-0.4, -0.2) is 28.3 Å². The number of benzene rings is 2. The van der Waals surface area contributed by atoms with Gasteiger partial charge in [-0.25, -0.2) is 9.69 Å². The number of amides is 5. The SMILES string of the molecule is CC(=O)Nc1ccc(-n2c(C)cc(/C=C3\C(=O)NC(=O)N(c4ccc(Br)cc4)C3=O)c2C)cc1. The zero-order valence-electron chi connectivity index (χ0n) is 18.7. The number of hydrogen-bond acceptors (Lipinski definition) is 4. The van der Waals surface area contributed by atoms with Crippen LogP contribution >= 0.6 is 15.9 Å². The molecule has 2 aromatic carbocycles. The van der Waals surface area contributed by atoms with E-state index in [2.05, 4.69) is 26.6 Å². The molecule has 0 bridgehead atoms. The highest BCUT2D eigenvalue weighted by atomic mass is 79.9. The van der Waals surface area contributed by atoms with Gasteiger partial charge in [0.05, 0.1) is 5.69 Å². The molecule has 0 spiro atoms. The third-order valence-electron chi connectivity index (χ3n) is 5.40. The Morgan fingerprint density at radius 2 is 1.59 bits per heavy atom. The predicted octanol–water partition coefficient (Wildman–Crippen LogP) is 4.48. The van der Waals surface area contributed by atoms with E-state index in [-0.39, 0.29) is 11.5 Å². The van der Waals surface area contributed by atoms with E-state index in [1.54, 1.807) is 36.4 Å². The van der Waals surface area contributed by atoms with Gasteiger partial charge in [-0.15, -0.1) is 0 Å². The second-order valence-corrected chi connectivity index (χ2v) is 8.74. The average Bonchev–Trinajstić information content (AvgIpc) is 3.05. The highest BCUT2D eigenvalue weighted by Crippen LogP contribution is 2.27. The van der Waals surface area contributed by atoms with Crippen LogP contribution < -0.4 is 15.5 Å². The molecule has 1 aromatic heterocycles. The number of nitrogens with one attached hydrogen (secondary N) is 2. The lowest BCUT2D eigenvalue weighted by molar-refractivity contribution is -0.122. The Hall–Kier alpha value is -3.98. The predicted molar refractivity (Wildman–Crippen MR) is 133 cm³/mol. The van der Waals surface area contributed by atoms with Gasteiger partial charge in [0.1, 0.15) is 5.57 Å². The Bertz CT molecular complexity index is 1350. The van der Waals surface area contributed by atoms with Crippen molar-refractivity contribution in [2.75, 3.05) is 10.2 Å². The van der Waals surface area contributed by atoms with Gasteiger partial charge in [0.15, 0.2) is 0 Å². The van der Waals surface area contributed by atoms with E-state index in [1.165, 1.54) is 13.0 Å². The van der Waals surface area contributed by atoms with Gasteiger partial charge < -0.3 is 9.88 Å². The first kappa shape index (κ1) is 23.2. The van der Waals surface area contributed by atoms with E-state index >= 15 is 0 Å². The van der Waals surface area contributed by atoms with Crippen LogP contribution in [0.1, 0.15) is 23.9 Å². The number of anilines is 2. The van der Waals surface area contributed by atoms with Crippen molar-refractivity contribution in [3.8, 4) is 5.69 Å². The van der Waals surface area contributed by atoms with Crippen LogP contribution in [0.3, 0.4) is 0 Å². The standard InChI is InChI=1S/C25H21BrN4O4/c1-14-12-17(15(2)29(14)20-10-6-19(7-11-20)27-16(3)31)13-22-23(32)28-25(34)30(24(22)33)21-8-4-18(26)5-9-21/h4-13H,1-3H3,(H,27,31)(H,28,32,34)/b22-13+. The van der Waals surface area contributed by atoms with E-state index < -0.39 is 17.8 Å². The molecule has 3 aromatic rings. The summed E-state index contributed by atoms with van der Waals surface area (Å²) in [5.41, 5.74) is 4.14. The maximum atomic E-state index is 13.2. The molecule has 0 unspecified atom stereocenters. The summed E-state index contributed by atoms with van der Waals surface area (Å²) in [5, 5.41) is 4.98. The molecular formula is C25H21BrN4O4. The largest absolute Gasteiger partial charge is 0.335 e. The molecule has 1 saturated heterocycles. The molecule has 2 N–H and O–H groups in total. The Labute approximate surface area is 204 Å². The first-order valence-corrected chi connectivity index (χ1v) is 11.2. The number of carbonyl (C=O) groups is 4. The normalized spacial score (nSPS) is 15.0. The minimum absolute atomic E-state index is 0.135. The van der Waals surface area contributed by atoms with Crippen molar-refractivity contribution < 1.29 is 19.2 Å². The molecule has 0 atom stereocenters. The summed E-state index contributed by atoms with van der Waals surface area (Å²) in [6.07, 6.45) is 1.50. The molecule has 0 aliphatic carbocycles. The van der Waals surface area contributed by atoms with Gasteiger partial charge in [-0.3, -0.25) is 19.7 Å². The number of hydrogen-bond donors (Lipinski definition) is 2. The van der Waals surface area contributed by atoms with Gasteiger partial charge in [0.25, 0.3) is 11.8 Å². The molecule has 172 valence electrons. The zero-order valence-corrected chi connectivity index (χ0v) is 20.3. The highest BCUT2D eigenvalue weighted by molar-refractivity contribution is 9.10. The van der Waals surface area contributed by atoms with Gasteiger partial charge in [0.2, 0.25) is 5.91 Å². The van der Waals surface area contributed by atoms with Crippen LogP contribution in [0.25, 0.3) is 11.8 Å². The second kappa shape index (κ2) is 9.11. The van der Waals surface area contributed by atoms with Crippen LogP contribution in [0, 0.1) is 13.8 Å². The number of imide groups is 2. The van der Waals surface area contributed by atoms with Crippen molar-refractivity contribution in [3.05, 3.63) is 81.6 Å². The van der Waals surface area contributed by atoms with Crippen molar-refractivity contribution in [2.45, 2.75) is 20.8 Å². The fourth-order valence-electron chi connectivity index (χ4n) is 3.87. The molecule has 34 heavy (non-hydrogen) atoms. The summed E-state index contributed by atoms with van der Waals surface area (Å²) in [6, 6.07) is 15.1. The summed E-state index contributed by atoms with van der Waals surface area (Å²) in [5.74, 6) is -1.59. The lowest BCUT2D eigenvalue weighted by atomic mass is 10.1. The summed E-state index contributed by atoms with van der Waals surface area (Å²) in [7, 11) is 0. The molecule has 1 fully saturated rings. The van der Waals surface area contributed by atoms with Gasteiger partial charge in [0, 0.05) is 34.2 Å². The van der Waals surface area contributed by atoms with Crippen LogP contribution in [-0.2, 0) is 14.4 Å². The Morgan fingerprint density at radius 1 is 0.971 bits per heavy atom. The van der Waals surface area contributed by atoms with Crippen LogP contribution in [0.15, 0.2) is 64.6 Å². The topological polar surface area (TPSA) is 101 Å². The van der Waals surface area contributed by atoms with E-state index in [4.69, 9.17) is 0 Å². The van der Waals surface area contributed by atoms with Crippen molar-refractivity contribution >= 4 is 57.1 Å². The monoisotopic (exact) mass is 520 g/mol. The Kier molecular flexibility index (Phi) is 6.21. The second-order valence-electron chi connectivity index (χ2n) is 7.82. The first-order chi connectivity index (χ1) is 16.2. The lowest BCUT2D eigenvalue weighted by Crippen LogP contribution is -2.54. The van der Waals surface area contributed by atoms with Gasteiger partial charge in [-0.1, -0.05) is 15.9 Å². The minimum atomic E-state index is -0.792. The maximum Gasteiger partial charge on any atom is 0.335 e. The molecule has 5 amide bonds. The molecule has 4 rings (SSSR count). The third kappa shape index (κ3) is 4.42. The lowest BCUT2D eigenvalue weighted by Gasteiger charge is -2.26. The number of carbonyl (C=O) groups excluding carboxylic acids is 4. The van der Waals surface area contributed by atoms with Crippen LogP contribution in [0.5, 0.6) is 0 Å². The quantitative estimate of drug-likeness (QED) is 0.391. The Morgan fingerprint density at radius 3 is 2.21 bits per heavy atom. The fourth-order valence-corrected chi connectivity index (χ4v) is 4.13. The van der Waals surface area contributed by atoms with Crippen molar-refractivity contribution in [1.29, 1.82) is 0 Å². The van der Waals surface area contributed by atoms with E-state index in [1.807, 2.05) is 36.6 Å². The smallest absolute Gasteiger partial charge is 0.326 e. The fraction of sp³-hybridized carbons (Fsp3) is 0.120. The number of aromatic nitrogens is 1. The summed E-state index contributed by atoms with van der Waals surface area (Å²) >= 11 is 3.33. The van der Waals surface area contributed by atoms with E-state index in [0.29, 0.717) is 16.9 Å². The number of nitrogens with zero attached hydrogens (tertiary/aromatic N) is 2. The average molecular weight is 521 g/mol. The number of urea groups is 1. The molecule has 8 nitrogen and oxygen atoms in total. The Balaban J connectivity index is 1.70. The number of barbiturate groups is 1. The van der Waals surface area contributed by atoms with E-state index in [9.17, 15) is 19.2 Å². The summed E-state index contributed by atoms with van der Waals surface area (Å²) in [6.45, 7) is 5.24. The van der Waals surface area contributed by atoms with Gasteiger partial charge in [-0.05, 0) is 80.1 Å². The summed E-state index contributed by atoms with van der Waals surface area (Å²) < 4.78 is 2.78. The first-order valence-electron chi connectivity index (χ1n) is 10.4. The molecular weight excluding hydrogens is 500 g/mol. The molecule has 1 aliphatic rings. The van der Waals surface area contributed by atoms with Crippen molar-refractivity contribution in [2.24, 2.45) is 0 Å². The molecule has 2 heterocycles. The minimum Gasteiger partial charge on any atom is -0.326 e. The van der Waals surface area contributed by atoms with Gasteiger partial charge in [-0.2, -0.15) is 0 Å². The molecule has 1 aliphatic heterocycles. The molecule has 0 radical (unpaired) electrons. The number of aryl methyl sites for hydroxylation is 1. The van der Waals surface area contributed by atoms with E-state index in [0.717, 1.165) is 26.4 Å². The zero-order chi connectivity index (χ0) is 24.6. The van der Waals surface area contributed by atoms with Crippen molar-refractivity contribution in [1.82, 2.24) is 9.88 Å². The number of rotatable bonds is 4. The van der Waals surface area contributed by atoms with Crippen LogP contribution in [0.4, 0.5) is 16.2 Å².